The molecule has 0 bridgehead atoms. The van der Waals surface area contributed by atoms with Crippen molar-refractivity contribution in [3.63, 3.8) is 0 Å². The molecule has 0 atom stereocenters. The molecule has 0 aliphatic carbocycles. The van der Waals surface area contributed by atoms with Crippen LogP contribution >= 0.6 is 0 Å². The third kappa shape index (κ3) is 2.31. The first kappa shape index (κ1) is 9.65. The van der Waals surface area contributed by atoms with Crippen LogP contribution in [0.25, 0.3) is 0 Å². The quantitative estimate of drug-likeness (QED) is 0.801. The van der Waals surface area contributed by atoms with Gasteiger partial charge in [-0.3, -0.25) is 4.79 Å². The van der Waals surface area contributed by atoms with E-state index in [4.69, 9.17) is 0 Å². The fraction of sp³-hybridized carbons (Fsp3) is 0.167. The lowest BCUT2D eigenvalue weighted by Gasteiger charge is -2.03. The topological polar surface area (TPSA) is 45.8 Å². The van der Waals surface area contributed by atoms with E-state index in [1.165, 1.54) is 17.2 Å². The van der Waals surface area contributed by atoms with Gasteiger partial charge in [0.2, 0.25) is 0 Å². The maximum atomic E-state index is 10.8. The molecule has 0 aliphatic rings. The minimum Gasteiger partial charge on any atom is -0.268 e. The Balaban J connectivity index is 2.26. The maximum absolute atomic E-state index is 10.8. The second-order valence-corrected chi connectivity index (χ2v) is 3.52. The van der Waals surface area contributed by atoms with Gasteiger partial charge in [-0.1, -0.05) is 24.3 Å². The molecule has 1 N–H and O–H groups in total. The summed E-state index contributed by atoms with van der Waals surface area (Å²) in [6.45, 7) is 2.07. The van der Waals surface area contributed by atoms with Crippen molar-refractivity contribution in [3.8, 4) is 0 Å². The molecule has 1 aromatic carbocycles. The first-order chi connectivity index (χ1) is 7.25. The van der Waals surface area contributed by atoms with Crippen LogP contribution in [0, 0.1) is 6.92 Å². The summed E-state index contributed by atoms with van der Waals surface area (Å²) in [5.41, 5.74) is 3.19. The second-order valence-electron chi connectivity index (χ2n) is 3.52. The molecule has 0 aliphatic heterocycles. The molecule has 2 aromatic rings. The van der Waals surface area contributed by atoms with Crippen LogP contribution in [-0.4, -0.2) is 10.2 Å². The zero-order valence-electron chi connectivity index (χ0n) is 8.53. The summed E-state index contributed by atoms with van der Waals surface area (Å²) in [6.07, 6.45) is 0.753. The van der Waals surface area contributed by atoms with Crippen molar-refractivity contribution in [3.05, 3.63) is 63.6 Å². The number of nitrogens with one attached hydrogen (secondary N) is 1. The van der Waals surface area contributed by atoms with Gasteiger partial charge in [0.15, 0.2) is 0 Å². The van der Waals surface area contributed by atoms with Crippen molar-refractivity contribution in [2.24, 2.45) is 0 Å². The van der Waals surface area contributed by atoms with E-state index in [2.05, 4.69) is 29.3 Å². The van der Waals surface area contributed by atoms with Gasteiger partial charge in [0, 0.05) is 12.5 Å². The van der Waals surface area contributed by atoms with E-state index < -0.39 is 0 Å². The van der Waals surface area contributed by atoms with Gasteiger partial charge >= 0.3 is 0 Å². The van der Waals surface area contributed by atoms with Crippen molar-refractivity contribution >= 4 is 0 Å². The Kier molecular flexibility index (Phi) is 2.63. The van der Waals surface area contributed by atoms with E-state index in [0.29, 0.717) is 0 Å². The van der Waals surface area contributed by atoms with Crippen LogP contribution in [0.15, 0.2) is 41.2 Å². The van der Waals surface area contributed by atoms with E-state index in [9.17, 15) is 4.79 Å². The van der Waals surface area contributed by atoms with Gasteiger partial charge in [-0.25, -0.2) is 5.10 Å². The summed E-state index contributed by atoms with van der Waals surface area (Å²) >= 11 is 0. The van der Waals surface area contributed by atoms with Crippen molar-refractivity contribution in [1.82, 2.24) is 10.2 Å². The summed E-state index contributed by atoms with van der Waals surface area (Å²) in [5, 5.41) is 6.41. The molecule has 0 saturated carbocycles. The Morgan fingerprint density at radius 2 is 2.00 bits per heavy atom. The van der Waals surface area contributed by atoms with E-state index in [-0.39, 0.29) is 5.56 Å². The molecule has 1 heterocycles. The molecule has 2 rings (SSSR count). The molecular formula is C12H12N2O. The Hall–Kier alpha value is -1.90. The van der Waals surface area contributed by atoms with Gasteiger partial charge in [-0.2, -0.15) is 5.10 Å². The summed E-state index contributed by atoms with van der Waals surface area (Å²) in [5.74, 6) is 0. The van der Waals surface area contributed by atoms with E-state index in [1.807, 2.05) is 12.1 Å². The number of aromatic nitrogens is 2. The average Bonchev–Trinajstić information content (AvgIpc) is 2.25. The van der Waals surface area contributed by atoms with Crippen LogP contribution in [0.5, 0.6) is 0 Å². The summed E-state index contributed by atoms with van der Waals surface area (Å²) in [7, 11) is 0. The van der Waals surface area contributed by atoms with Gasteiger partial charge in [0.1, 0.15) is 0 Å². The normalized spacial score (nSPS) is 10.2. The van der Waals surface area contributed by atoms with E-state index >= 15 is 0 Å². The van der Waals surface area contributed by atoms with Gasteiger partial charge in [-0.05, 0) is 24.1 Å². The molecule has 0 radical (unpaired) electrons. The van der Waals surface area contributed by atoms with E-state index in [1.54, 1.807) is 6.07 Å². The highest BCUT2D eigenvalue weighted by molar-refractivity contribution is 5.29. The van der Waals surface area contributed by atoms with Gasteiger partial charge in [0.05, 0.1) is 5.69 Å². The van der Waals surface area contributed by atoms with Crippen LogP contribution in [0.4, 0.5) is 0 Å². The molecule has 15 heavy (non-hydrogen) atoms. The van der Waals surface area contributed by atoms with Crippen molar-refractivity contribution in [2.45, 2.75) is 13.3 Å². The molecule has 0 spiro atoms. The minimum absolute atomic E-state index is 0.163. The monoisotopic (exact) mass is 200 g/mol. The minimum atomic E-state index is -0.163. The first-order valence-electron chi connectivity index (χ1n) is 4.85. The summed E-state index contributed by atoms with van der Waals surface area (Å²) in [4.78, 5) is 10.8. The number of aromatic amines is 1. The zero-order valence-corrected chi connectivity index (χ0v) is 8.53. The number of hydrogen-bond donors (Lipinski definition) is 1. The fourth-order valence-electron chi connectivity index (χ4n) is 1.48. The smallest absolute Gasteiger partial charge is 0.264 e. The van der Waals surface area contributed by atoms with Crippen LogP contribution in [0.2, 0.25) is 0 Å². The number of benzene rings is 1. The number of H-pyrrole nitrogens is 1. The molecule has 3 nitrogen and oxygen atoms in total. The van der Waals surface area contributed by atoms with Gasteiger partial charge < -0.3 is 0 Å². The number of hydrogen-bond acceptors (Lipinski definition) is 2. The SMILES string of the molecule is Cc1ccccc1Cc1ccc(=O)[nH]n1. The highest BCUT2D eigenvalue weighted by atomic mass is 16.1. The van der Waals surface area contributed by atoms with Crippen LogP contribution in [-0.2, 0) is 6.42 Å². The van der Waals surface area contributed by atoms with E-state index in [0.717, 1.165) is 12.1 Å². The molecule has 76 valence electrons. The summed E-state index contributed by atoms with van der Waals surface area (Å²) < 4.78 is 0. The Bertz CT molecular complexity index is 497. The third-order valence-electron chi connectivity index (χ3n) is 2.37. The number of rotatable bonds is 2. The molecule has 0 unspecified atom stereocenters. The second kappa shape index (κ2) is 4.09. The first-order valence-corrected chi connectivity index (χ1v) is 4.85. The Morgan fingerprint density at radius 3 is 2.67 bits per heavy atom. The Morgan fingerprint density at radius 1 is 1.20 bits per heavy atom. The highest BCUT2D eigenvalue weighted by Gasteiger charge is 2.00. The molecular weight excluding hydrogens is 188 g/mol. The lowest BCUT2D eigenvalue weighted by Crippen LogP contribution is -2.08. The fourth-order valence-corrected chi connectivity index (χ4v) is 1.48. The molecule has 0 saturated heterocycles. The molecule has 1 aromatic heterocycles. The van der Waals surface area contributed by atoms with Crippen molar-refractivity contribution < 1.29 is 0 Å². The summed E-state index contributed by atoms with van der Waals surface area (Å²) in [6, 6.07) is 11.4. The zero-order chi connectivity index (χ0) is 10.7. The molecule has 0 fully saturated rings. The maximum Gasteiger partial charge on any atom is 0.264 e. The number of aryl methyl sites for hydroxylation is 1. The lowest BCUT2D eigenvalue weighted by molar-refractivity contribution is 0.907. The predicted octanol–water partition coefficient (Wildman–Crippen LogP) is 1.67. The van der Waals surface area contributed by atoms with Crippen molar-refractivity contribution in [2.75, 3.05) is 0 Å². The molecule has 3 heteroatoms. The van der Waals surface area contributed by atoms with Crippen molar-refractivity contribution in [1.29, 1.82) is 0 Å². The lowest BCUT2D eigenvalue weighted by atomic mass is 10.0. The standard InChI is InChI=1S/C12H12N2O/c1-9-4-2-3-5-10(9)8-11-6-7-12(15)14-13-11/h2-7H,8H2,1H3,(H,14,15). The molecule has 0 amide bonds. The average molecular weight is 200 g/mol. The number of nitrogens with zero attached hydrogens (tertiary/aromatic N) is 1. The predicted molar refractivity (Wildman–Crippen MR) is 58.8 cm³/mol. The Labute approximate surface area is 87.8 Å². The highest BCUT2D eigenvalue weighted by Crippen LogP contribution is 2.10. The third-order valence-corrected chi connectivity index (χ3v) is 2.37. The van der Waals surface area contributed by atoms with Crippen LogP contribution in [0.3, 0.4) is 0 Å². The van der Waals surface area contributed by atoms with Gasteiger partial charge in [-0.15, -0.1) is 0 Å². The van der Waals surface area contributed by atoms with Crippen LogP contribution < -0.4 is 5.56 Å². The van der Waals surface area contributed by atoms with Crippen LogP contribution in [0.1, 0.15) is 16.8 Å². The van der Waals surface area contributed by atoms with Gasteiger partial charge in [0.25, 0.3) is 5.56 Å². The largest absolute Gasteiger partial charge is 0.268 e.